The van der Waals surface area contributed by atoms with Crippen LogP contribution in [0.3, 0.4) is 0 Å². The first kappa shape index (κ1) is 12.6. The van der Waals surface area contributed by atoms with Gasteiger partial charge in [0.15, 0.2) is 5.82 Å². The van der Waals surface area contributed by atoms with E-state index in [2.05, 4.69) is 55.6 Å². The van der Waals surface area contributed by atoms with Crippen molar-refractivity contribution in [3.05, 3.63) is 34.3 Å². The standard InChI is InChI=1S/C13H13IN4O/c1-17-8-15-13(16-17)9-2-3-12-10(6-9)11(14)7-18(12)4-5-19/h2-3,6-8,19H,4-5H2,1H3. The van der Waals surface area contributed by atoms with Crippen molar-refractivity contribution in [3.8, 4) is 11.4 Å². The monoisotopic (exact) mass is 368 g/mol. The minimum Gasteiger partial charge on any atom is -0.395 e. The molecule has 2 aromatic heterocycles. The third-order valence-electron chi connectivity index (χ3n) is 3.03. The molecule has 2 heterocycles. The summed E-state index contributed by atoms with van der Waals surface area (Å²) in [4.78, 5) is 4.27. The number of nitrogens with zero attached hydrogens (tertiary/aromatic N) is 4. The summed E-state index contributed by atoms with van der Waals surface area (Å²) in [6.07, 6.45) is 3.75. The molecular weight excluding hydrogens is 355 g/mol. The highest BCUT2D eigenvalue weighted by Gasteiger charge is 2.09. The van der Waals surface area contributed by atoms with E-state index in [4.69, 9.17) is 5.11 Å². The van der Waals surface area contributed by atoms with Crippen LogP contribution in [-0.4, -0.2) is 31.0 Å². The Labute approximate surface area is 124 Å². The van der Waals surface area contributed by atoms with Crippen molar-refractivity contribution in [2.75, 3.05) is 6.61 Å². The summed E-state index contributed by atoms with van der Waals surface area (Å²) in [6.45, 7) is 0.754. The molecule has 3 rings (SSSR count). The molecule has 0 spiro atoms. The summed E-state index contributed by atoms with van der Waals surface area (Å²) in [5, 5.41) is 14.6. The molecule has 3 aromatic rings. The van der Waals surface area contributed by atoms with Gasteiger partial charge in [0.25, 0.3) is 0 Å². The first-order valence-corrected chi connectivity index (χ1v) is 7.02. The molecule has 0 bridgehead atoms. The maximum Gasteiger partial charge on any atom is 0.181 e. The quantitative estimate of drug-likeness (QED) is 0.720. The zero-order valence-corrected chi connectivity index (χ0v) is 12.6. The van der Waals surface area contributed by atoms with Crippen molar-refractivity contribution >= 4 is 33.5 Å². The second kappa shape index (κ2) is 4.93. The molecule has 98 valence electrons. The Hall–Kier alpha value is -1.41. The van der Waals surface area contributed by atoms with E-state index >= 15 is 0 Å². The van der Waals surface area contributed by atoms with Crippen molar-refractivity contribution in [2.24, 2.45) is 7.05 Å². The van der Waals surface area contributed by atoms with Gasteiger partial charge in [0.2, 0.25) is 0 Å². The summed E-state index contributed by atoms with van der Waals surface area (Å²) >= 11 is 2.31. The third kappa shape index (κ3) is 2.25. The van der Waals surface area contributed by atoms with Crippen LogP contribution >= 0.6 is 22.6 Å². The fraction of sp³-hybridized carbons (Fsp3) is 0.231. The van der Waals surface area contributed by atoms with Gasteiger partial charge in [-0.2, -0.15) is 5.10 Å². The van der Waals surface area contributed by atoms with Crippen molar-refractivity contribution in [2.45, 2.75) is 6.54 Å². The SMILES string of the molecule is Cn1cnc(-c2ccc3c(c2)c(I)cn3CCO)n1. The summed E-state index contributed by atoms with van der Waals surface area (Å²) in [5.41, 5.74) is 2.13. The van der Waals surface area contributed by atoms with E-state index < -0.39 is 0 Å². The van der Waals surface area contributed by atoms with Gasteiger partial charge < -0.3 is 9.67 Å². The molecule has 0 atom stereocenters. The largest absolute Gasteiger partial charge is 0.395 e. The molecule has 0 fully saturated rings. The Bertz CT molecular complexity index is 731. The first-order chi connectivity index (χ1) is 9.19. The highest BCUT2D eigenvalue weighted by atomic mass is 127. The van der Waals surface area contributed by atoms with E-state index in [1.165, 1.54) is 8.96 Å². The van der Waals surface area contributed by atoms with E-state index in [1.807, 2.05) is 13.1 Å². The lowest BCUT2D eigenvalue weighted by Crippen LogP contribution is -1.99. The number of hydrogen-bond donors (Lipinski definition) is 1. The highest BCUT2D eigenvalue weighted by Crippen LogP contribution is 2.27. The van der Waals surface area contributed by atoms with Crippen molar-refractivity contribution in [3.63, 3.8) is 0 Å². The summed E-state index contributed by atoms with van der Waals surface area (Å²) in [5.74, 6) is 0.732. The minimum atomic E-state index is 0.142. The van der Waals surface area contributed by atoms with Crippen LogP contribution in [0.4, 0.5) is 0 Å². The van der Waals surface area contributed by atoms with Crippen LogP contribution in [0.1, 0.15) is 0 Å². The maximum atomic E-state index is 9.08. The molecule has 6 heteroatoms. The van der Waals surface area contributed by atoms with Crippen molar-refractivity contribution in [1.29, 1.82) is 0 Å². The normalized spacial score (nSPS) is 11.3. The summed E-state index contributed by atoms with van der Waals surface area (Å²) in [6, 6.07) is 6.17. The molecular formula is C13H13IN4O. The number of aromatic nitrogens is 4. The van der Waals surface area contributed by atoms with Crippen LogP contribution in [0.15, 0.2) is 30.7 Å². The minimum absolute atomic E-state index is 0.142. The first-order valence-electron chi connectivity index (χ1n) is 5.94. The van der Waals surface area contributed by atoms with Crippen LogP contribution in [0.5, 0.6) is 0 Å². The van der Waals surface area contributed by atoms with E-state index in [1.54, 1.807) is 11.0 Å². The van der Waals surface area contributed by atoms with Crippen LogP contribution in [0.2, 0.25) is 0 Å². The molecule has 0 saturated carbocycles. The molecule has 0 radical (unpaired) electrons. The molecule has 0 amide bonds. The smallest absolute Gasteiger partial charge is 0.181 e. The zero-order valence-electron chi connectivity index (χ0n) is 10.4. The Balaban J connectivity index is 2.13. The number of halogens is 1. The van der Waals surface area contributed by atoms with Crippen molar-refractivity contribution < 1.29 is 5.11 Å². The Morgan fingerprint density at radius 3 is 2.89 bits per heavy atom. The van der Waals surface area contributed by atoms with Gasteiger partial charge in [-0.1, -0.05) is 0 Å². The molecule has 1 N–H and O–H groups in total. The Kier molecular flexibility index (Phi) is 3.28. The highest BCUT2D eigenvalue weighted by molar-refractivity contribution is 14.1. The average Bonchev–Trinajstić information content (AvgIpc) is 2.95. The number of aryl methyl sites for hydroxylation is 1. The lowest BCUT2D eigenvalue weighted by Gasteiger charge is -2.02. The number of rotatable bonds is 3. The van der Waals surface area contributed by atoms with E-state index in [9.17, 15) is 0 Å². The number of aliphatic hydroxyl groups is 1. The average molecular weight is 368 g/mol. The van der Waals surface area contributed by atoms with E-state index in [0.29, 0.717) is 6.54 Å². The predicted octanol–water partition coefficient (Wildman–Crippen LogP) is 2.03. The molecule has 0 saturated heterocycles. The fourth-order valence-corrected chi connectivity index (χ4v) is 2.93. The van der Waals surface area contributed by atoms with Crippen LogP contribution < -0.4 is 0 Å². The molecule has 0 unspecified atom stereocenters. The van der Waals surface area contributed by atoms with Crippen LogP contribution in [0, 0.1) is 3.57 Å². The molecule has 1 aromatic carbocycles. The maximum absolute atomic E-state index is 9.08. The number of aliphatic hydroxyl groups excluding tert-OH is 1. The lowest BCUT2D eigenvalue weighted by atomic mass is 10.1. The van der Waals surface area contributed by atoms with Crippen molar-refractivity contribution in [1.82, 2.24) is 19.3 Å². The van der Waals surface area contributed by atoms with Gasteiger partial charge in [-0.3, -0.25) is 4.68 Å². The van der Waals surface area contributed by atoms with Gasteiger partial charge in [0.05, 0.1) is 6.61 Å². The number of hydrogen-bond acceptors (Lipinski definition) is 3. The van der Waals surface area contributed by atoms with Gasteiger partial charge in [-0.05, 0) is 40.8 Å². The van der Waals surface area contributed by atoms with Gasteiger partial charge in [0.1, 0.15) is 6.33 Å². The summed E-state index contributed by atoms with van der Waals surface area (Å²) < 4.78 is 4.92. The topological polar surface area (TPSA) is 55.9 Å². The third-order valence-corrected chi connectivity index (χ3v) is 3.89. The molecule has 19 heavy (non-hydrogen) atoms. The number of fused-ring (bicyclic) bond motifs is 1. The van der Waals surface area contributed by atoms with E-state index in [0.717, 1.165) is 16.9 Å². The van der Waals surface area contributed by atoms with Gasteiger partial charge in [-0.15, -0.1) is 0 Å². The second-order valence-corrected chi connectivity index (χ2v) is 5.53. The molecule has 0 aliphatic rings. The van der Waals surface area contributed by atoms with Crippen LogP contribution in [0.25, 0.3) is 22.3 Å². The van der Waals surface area contributed by atoms with E-state index in [-0.39, 0.29) is 6.61 Å². The Morgan fingerprint density at radius 2 is 2.21 bits per heavy atom. The zero-order chi connectivity index (χ0) is 13.4. The van der Waals surface area contributed by atoms with Gasteiger partial charge in [0, 0.05) is 39.8 Å². The van der Waals surface area contributed by atoms with Gasteiger partial charge in [-0.25, -0.2) is 4.98 Å². The predicted molar refractivity (Wildman–Crippen MR) is 81.7 cm³/mol. The lowest BCUT2D eigenvalue weighted by molar-refractivity contribution is 0.278. The molecule has 5 nitrogen and oxygen atoms in total. The fourth-order valence-electron chi connectivity index (χ4n) is 2.16. The number of benzene rings is 1. The molecule has 0 aliphatic heterocycles. The molecule has 0 aliphatic carbocycles. The van der Waals surface area contributed by atoms with Crippen LogP contribution in [-0.2, 0) is 13.6 Å². The Morgan fingerprint density at radius 1 is 1.37 bits per heavy atom. The van der Waals surface area contributed by atoms with Gasteiger partial charge >= 0.3 is 0 Å². The summed E-state index contributed by atoms with van der Waals surface area (Å²) in [7, 11) is 1.86. The second-order valence-electron chi connectivity index (χ2n) is 4.37.